The molecule has 1 saturated carbocycles. The third-order valence-electron chi connectivity index (χ3n) is 3.49. The summed E-state index contributed by atoms with van der Waals surface area (Å²) < 4.78 is 2.03. The van der Waals surface area contributed by atoms with E-state index in [9.17, 15) is 5.11 Å². The van der Waals surface area contributed by atoms with Crippen LogP contribution in [0.15, 0.2) is 36.8 Å². The SMILES string of the molecule is N#Cc1cc(Cn2ccc(C(O)C3CC3)c2)ccn1. The predicted octanol–water partition coefficient (Wildman–Crippen LogP) is 2.25. The first kappa shape index (κ1) is 11.9. The van der Waals surface area contributed by atoms with Crippen molar-refractivity contribution in [2.75, 3.05) is 0 Å². The zero-order valence-corrected chi connectivity index (χ0v) is 10.5. The van der Waals surface area contributed by atoms with E-state index in [-0.39, 0.29) is 6.10 Å². The topological polar surface area (TPSA) is 61.8 Å². The Balaban J connectivity index is 1.74. The Kier molecular flexibility index (Phi) is 3.06. The Labute approximate surface area is 111 Å². The Hall–Kier alpha value is -2.12. The summed E-state index contributed by atoms with van der Waals surface area (Å²) >= 11 is 0. The maximum atomic E-state index is 10.1. The average molecular weight is 253 g/mol. The molecule has 19 heavy (non-hydrogen) atoms. The van der Waals surface area contributed by atoms with Gasteiger partial charge in [0.2, 0.25) is 0 Å². The number of rotatable bonds is 4. The molecule has 4 heteroatoms. The zero-order chi connectivity index (χ0) is 13.2. The maximum absolute atomic E-state index is 10.1. The Morgan fingerprint density at radius 1 is 1.47 bits per heavy atom. The molecule has 0 bridgehead atoms. The molecule has 2 aromatic rings. The standard InChI is InChI=1S/C15H15N3O/c16-8-14-7-11(3-5-17-14)9-18-6-4-13(10-18)15(19)12-1-2-12/h3-7,10,12,15,19H,1-2,9H2. The fourth-order valence-electron chi connectivity index (χ4n) is 2.26. The van der Waals surface area contributed by atoms with Crippen LogP contribution in [0.3, 0.4) is 0 Å². The van der Waals surface area contributed by atoms with Crippen LogP contribution in [0.5, 0.6) is 0 Å². The van der Waals surface area contributed by atoms with E-state index < -0.39 is 0 Å². The second-order valence-corrected chi connectivity index (χ2v) is 5.06. The van der Waals surface area contributed by atoms with Crippen LogP contribution in [0.4, 0.5) is 0 Å². The first-order chi connectivity index (χ1) is 9.26. The summed E-state index contributed by atoms with van der Waals surface area (Å²) in [5.74, 6) is 0.446. The Bertz CT molecular complexity index is 622. The Morgan fingerprint density at radius 2 is 2.32 bits per heavy atom. The number of hydrogen-bond donors (Lipinski definition) is 1. The number of aliphatic hydroxyl groups is 1. The van der Waals surface area contributed by atoms with Gasteiger partial charge in [0, 0.05) is 25.1 Å². The molecular weight excluding hydrogens is 238 g/mol. The Morgan fingerprint density at radius 3 is 3.05 bits per heavy atom. The highest BCUT2D eigenvalue weighted by atomic mass is 16.3. The van der Waals surface area contributed by atoms with Gasteiger partial charge in [0.25, 0.3) is 0 Å². The van der Waals surface area contributed by atoms with Crippen molar-refractivity contribution >= 4 is 0 Å². The van der Waals surface area contributed by atoms with Gasteiger partial charge in [-0.05, 0) is 48.1 Å². The summed E-state index contributed by atoms with van der Waals surface area (Å²) in [6, 6.07) is 7.70. The van der Waals surface area contributed by atoms with Gasteiger partial charge in [-0.2, -0.15) is 5.26 Å². The van der Waals surface area contributed by atoms with E-state index in [0.717, 1.165) is 24.0 Å². The van der Waals surface area contributed by atoms with Crippen molar-refractivity contribution in [3.05, 3.63) is 53.6 Å². The molecule has 1 N–H and O–H groups in total. The quantitative estimate of drug-likeness (QED) is 0.909. The fourth-order valence-corrected chi connectivity index (χ4v) is 2.26. The summed E-state index contributed by atoms with van der Waals surface area (Å²) in [7, 11) is 0. The summed E-state index contributed by atoms with van der Waals surface area (Å²) in [5.41, 5.74) is 2.45. The smallest absolute Gasteiger partial charge is 0.140 e. The van der Waals surface area contributed by atoms with Gasteiger partial charge in [-0.25, -0.2) is 4.98 Å². The molecule has 0 aliphatic heterocycles. The lowest BCUT2D eigenvalue weighted by atomic mass is 10.1. The molecule has 1 unspecified atom stereocenters. The largest absolute Gasteiger partial charge is 0.388 e. The van der Waals surface area contributed by atoms with Crippen LogP contribution < -0.4 is 0 Å². The van der Waals surface area contributed by atoms with Gasteiger partial charge < -0.3 is 9.67 Å². The summed E-state index contributed by atoms with van der Waals surface area (Å²) in [4.78, 5) is 3.95. The second-order valence-electron chi connectivity index (χ2n) is 5.06. The second kappa shape index (κ2) is 4.87. The molecule has 1 fully saturated rings. The van der Waals surface area contributed by atoms with Crippen LogP contribution in [-0.2, 0) is 6.54 Å². The third-order valence-corrected chi connectivity index (χ3v) is 3.49. The van der Waals surface area contributed by atoms with Crippen LogP contribution in [0, 0.1) is 17.2 Å². The van der Waals surface area contributed by atoms with Gasteiger partial charge in [-0.3, -0.25) is 0 Å². The zero-order valence-electron chi connectivity index (χ0n) is 10.5. The molecule has 1 aliphatic rings. The van der Waals surface area contributed by atoms with E-state index in [1.165, 1.54) is 0 Å². The molecule has 2 heterocycles. The summed E-state index contributed by atoms with van der Waals surface area (Å²) in [5, 5.41) is 18.9. The highest BCUT2D eigenvalue weighted by Gasteiger charge is 2.31. The van der Waals surface area contributed by atoms with Crippen LogP contribution in [-0.4, -0.2) is 14.7 Å². The summed E-state index contributed by atoms with van der Waals surface area (Å²) in [6.07, 6.45) is 7.53. The number of hydrogen-bond acceptors (Lipinski definition) is 3. The van der Waals surface area contributed by atoms with Crippen LogP contribution in [0.25, 0.3) is 0 Å². The molecule has 4 nitrogen and oxygen atoms in total. The number of nitriles is 1. The normalized spacial score (nSPS) is 16.0. The van der Waals surface area contributed by atoms with E-state index in [1.54, 1.807) is 12.3 Å². The van der Waals surface area contributed by atoms with Crippen molar-refractivity contribution in [3.63, 3.8) is 0 Å². The first-order valence-electron chi connectivity index (χ1n) is 6.45. The van der Waals surface area contributed by atoms with Gasteiger partial charge in [-0.1, -0.05) is 0 Å². The van der Waals surface area contributed by atoms with Crippen molar-refractivity contribution in [1.82, 2.24) is 9.55 Å². The predicted molar refractivity (Wildman–Crippen MR) is 70.2 cm³/mol. The maximum Gasteiger partial charge on any atom is 0.140 e. The van der Waals surface area contributed by atoms with Crippen LogP contribution in [0.1, 0.15) is 35.8 Å². The van der Waals surface area contributed by atoms with Crippen LogP contribution >= 0.6 is 0 Å². The molecule has 0 radical (unpaired) electrons. The van der Waals surface area contributed by atoms with Gasteiger partial charge in [-0.15, -0.1) is 0 Å². The van der Waals surface area contributed by atoms with Crippen LogP contribution in [0.2, 0.25) is 0 Å². The number of nitrogens with zero attached hydrogens (tertiary/aromatic N) is 3. The molecule has 96 valence electrons. The summed E-state index contributed by atoms with van der Waals surface area (Å²) in [6.45, 7) is 0.689. The molecule has 2 aromatic heterocycles. The van der Waals surface area contributed by atoms with E-state index in [0.29, 0.717) is 18.2 Å². The lowest BCUT2D eigenvalue weighted by Crippen LogP contribution is -2.00. The van der Waals surface area contributed by atoms with E-state index in [4.69, 9.17) is 5.26 Å². The van der Waals surface area contributed by atoms with Gasteiger partial charge in [0.1, 0.15) is 11.8 Å². The van der Waals surface area contributed by atoms with Crippen molar-refractivity contribution in [3.8, 4) is 6.07 Å². The van der Waals surface area contributed by atoms with E-state index in [2.05, 4.69) is 4.98 Å². The third kappa shape index (κ3) is 2.67. The van der Waals surface area contributed by atoms with E-state index >= 15 is 0 Å². The minimum absolute atomic E-state index is 0.326. The minimum atomic E-state index is -0.326. The molecule has 0 amide bonds. The minimum Gasteiger partial charge on any atom is -0.388 e. The highest BCUT2D eigenvalue weighted by Crippen LogP contribution is 2.40. The van der Waals surface area contributed by atoms with Crippen molar-refractivity contribution in [2.24, 2.45) is 5.92 Å². The first-order valence-corrected chi connectivity index (χ1v) is 6.45. The molecule has 0 aromatic carbocycles. The highest BCUT2D eigenvalue weighted by molar-refractivity contribution is 5.26. The number of aliphatic hydroxyl groups excluding tert-OH is 1. The lowest BCUT2D eigenvalue weighted by Gasteiger charge is -2.06. The monoisotopic (exact) mass is 253 g/mol. The van der Waals surface area contributed by atoms with Gasteiger partial charge in [0.15, 0.2) is 0 Å². The van der Waals surface area contributed by atoms with Crippen molar-refractivity contribution in [2.45, 2.75) is 25.5 Å². The molecule has 0 saturated heterocycles. The number of pyridine rings is 1. The molecule has 1 atom stereocenters. The molecular formula is C15H15N3O. The average Bonchev–Trinajstić information content (AvgIpc) is 3.19. The van der Waals surface area contributed by atoms with E-state index in [1.807, 2.05) is 35.2 Å². The van der Waals surface area contributed by atoms with Crippen molar-refractivity contribution in [1.29, 1.82) is 5.26 Å². The molecule has 3 rings (SSSR count). The molecule has 1 aliphatic carbocycles. The van der Waals surface area contributed by atoms with Gasteiger partial charge in [0.05, 0.1) is 6.10 Å². The molecule has 0 spiro atoms. The van der Waals surface area contributed by atoms with Crippen molar-refractivity contribution < 1.29 is 5.11 Å². The van der Waals surface area contributed by atoms with Gasteiger partial charge >= 0.3 is 0 Å². The fraction of sp³-hybridized carbons (Fsp3) is 0.333. The lowest BCUT2D eigenvalue weighted by molar-refractivity contribution is 0.154. The number of aromatic nitrogens is 2.